The molecule has 108 valence electrons. The number of para-hydroxylation sites is 1. The number of hydrogen-bond donors (Lipinski definition) is 1. The van der Waals surface area contributed by atoms with Crippen LogP contribution in [0.4, 0.5) is 11.6 Å². The van der Waals surface area contributed by atoms with Gasteiger partial charge in [-0.2, -0.15) is 0 Å². The van der Waals surface area contributed by atoms with Crippen molar-refractivity contribution in [3.8, 4) is 0 Å². The lowest BCUT2D eigenvalue weighted by Crippen LogP contribution is -2.07. The molecule has 0 radical (unpaired) electrons. The molecule has 0 fully saturated rings. The zero-order chi connectivity index (χ0) is 14.5. The molecule has 0 saturated carbocycles. The molecule has 0 unspecified atom stereocenters. The van der Waals surface area contributed by atoms with Gasteiger partial charge < -0.3 is 14.6 Å². The van der Waals surface area contributed by atoms with E-state index in [0.29, 0.717) is 6.04 Å². The molecule has 1 N–H and O–H groups in total. The van der Waals surface area contributed by atoms with Crippen molar-refractivity contribution >= 4 is 11.6 Å². The summed E-state index contributed by atoms with van der Waals surface area (Å²) >= 11 is 0. The van der Waals surface area contributed by atoms with Crippen molar-refractivity contribution in [3.63, 3.8) is 0 Å². The summed E-state index contributed by atoms with van der Waals surface area (Å²) in [5.74, 6) is 0.891. The number of ether oxygens (including phenoxy) is 1. The molecule has 0 atom stereocenters. The van der Waals surface area contributed by atoms with Gasteiger partial charge in [-0.05, 0) is 38.8 Å². The molecular weight excluding hydrogens is 250 g/mol. The average molecular weight is 273 g/mol. The summed E-state index contributed by atoms with van der Waals surface area (Å²) in [4.78, 5) is 4.57. The standard InChI is InChI=1S/C16H23N3O/c1-12(2)19-11-13(3)17-16(19)18-15-8-6-5-7-14(15)9-10-20-4/h5-8,11-12H,9-10H2,1-4H3,(H,17,18). The van der Waals surface area contributed by atoms with E-state index in [2.05, 4.69) is 53.1 Å². The Morgan fingerprint density at radius 1 is 1.30 bits per heavy atom. The van der Waals surface area contributed by atoms with Crippen LogP contribution in [0.2, 0.25) is 0 Å². The minimum atomic E-state index is 0.379. The summed E-state index contributed by atoms with van der Waals surface area (Å²) in [6.07, 6.45) is 2.96. The van der Waals surface area contributed by atoms with Gasteiger partial charge in [0, 0.05) is 25.0 Å². The van der Waals surface area contributed by atoms with Crippen molar-refractivity contribution in [2.75, 3.05) is 19.0 Å². The van der Waals surface area contributed by atoms with Gasteiger partial charge in [-0.25, -0.2) is 4.98 Å². The van der Waals surface area contributed by atoms with E-state index in [0.717, 1.165) is 30.4 Å². The lowest BCUT2D eigenvalue weighted by Gasteiger charge is -2.15. The Morgan fingerprint density at radius 3 is 2.75 bits per heavy atom. The van der Waals surface area contributed by atoms with E-state index in [-0.39, 0.29) is 0 Å². The Bertz CT molecular complexity index is 561. The molecule has 1 heterocycles. The molecule has 0 aliphatic carbocycles. The van der Waals surface area contributed by atoms with Gasteiger partial charge in [-0.1, -0.05) is 18.2 Å². The van der Waals surface area contributed by atoms with E-state index in [1.807, 2.05) is 13.0 Å². The monoisotopic (exact) mass is 273 g/mol. The molecule has 1 aromatic carbocycles. The van der Waals surface area contributed by atoms with Crippen LogP contribution in [-0.4, -0.2) is 23.3 Å². The third kappa shape index (κ3) is 3.39. The fourth-order valence-corrected chi connectivity index (χ4v) is 2.19. The van der Waals surface area contributed by atoms with Gasteiger partial charge in [0.15, 0.2) is 0 Å². The van der Waals surface area contributed by atoms with Crippen molar-refractivity contribution in [1.82, 2.24) is 9.55 Å². The SMILES string of the molecule is COCCc1ccccc1Nc1nc(C)cn1C(C)C. The number of rotatable bonds is 6. The number of imidazole rings is 1. The summed E-state index contributed by atoms with van der Waals surface area (Å²) < 4.78 is 7.32. The molecule has 0 saturated heterocycles. The molecular formula is C16H23N3O. The topological polar surface area (TPSA) is 39.1 Å². The van der Waals surface area contributed by atoms with Crippen LogP contribution in [0.3, 0.4) is 0 Å². The highest BCUT2D eigenvalue weighted by Crippen LogP contribution is 2.23. The Labute approximate surface area is 120 Å². The van der Waals surface area contributed by atoms with Crippen molar-refractivity contribution in [2.45, 2.75) is 33.2 Å². The maximum atomic E-state index is 5.17. The van der Waals surface area contributed by atoms with Crippen molar-refractivity contribution in [1.29, 1.82) is 0 Å². The maximum absolute atomic E-state index is 5.17. The maximum Gasteiger partial charge on any atom is 0.207 e. The summed E-state index contributed by atoms with van der Waals surface area (Å²) in [6, 6.07) is 8.67. The molecule has 0 spiro atoms. The minimum Gasteiger partial charge on any atom is -0.384 e. The molecule has 2 rings (SSSR count). The van der Waals surface area contributed by atoms with Gasteiger partial charge in [0.2, 0.25) is 5.95 Å². The van der Waals surface area contributed by atoms with E-state index in [1.165, 1.54) is 5.56 Å². The number of nitrogens with one attached hydrogen (secondary N) is 1. The van der Waals surface area contributed by atoms with Gasteiger partial charge in [0.05, 0.1) is 12.3 Å². The van der Waals surface area contributed by atoms with Crippen LogP contribution in [-0.2, 0) is 11.2 Å². The number of methoxy groups -OCH3 is 1. The smallest absolute Gasteiger partial charge is 0.207 e. The van der Waals surface area contributed by atoms with Crippen molar-refractivity contribution in [3.05, 3.63) is 41.7 Å². The normalized spacial score (nSPS) is 11.1. The number of nitrogens with zero attached hydrogens (tertiary/aromatic N) is 2. The summed E-state index contributed by atoms with van der Waals surface area (Å²) in [6.45, 7) is 7.05. The van der Waals surface area contributed by atoms with E-state index in [9.17, 15) is 0 Å². The highest BCUT2D eigenvalue weighted by Gasteiger charge is 2.10. The van der Waals surface area contributed by atoms with Crippen LogP contribution in [0, 0.1) is 6.92 Å². The van der Waals surface area contributed by atoms with Crippen LogP contribution in [0.1, 0.15) is 31.1 Å². The van der Waals surface area contributed by atoms with Crippen LogP contribution in [0.5, 0.6) is 0 Å². The van der Waals surface area contributed by atoms with Crippen LogP contribution < -0.4 is 5.32 Å². The molecule has 4 nitrogen and oxygen atoms in total. The lowest BCUT2D eigenvalue weighted by molar-refractivity contribution is 0.202. The lowest BCUT2D eigenvalue weighted by atomic mass is 10.1. The summed E-state index contributed by atoms with van der Waals surface area (Å²) in [5, 5.41) is 3.45. The van der Waals surface area contributed by atoms with Gasteiger partial charge in [-0.15, -0.1) is 0 Å². The number of aromatic nitrogens is 2. The van der Waals surface area contributed by atoms with Gasteiger partial charge in [-0.3, -0.25) is 0 Å². The van der Waals surface area contributed by atoms with Crippen LogP contribution in [0.15, 0.2) is 30.5 Å². The molecule has 2 aromatic rings. The fourth-order valence-electron chi connectivity index (χ4n) is 2.19. The summed E-state index contributed by atoms with van der Waals surface area (Å²) in [7, 11) is 1.73. The largest absolute Gasteiger partial charge is 0.384 e. The molecule has 1 aromatic heterocycles. The zero-order valence-corrected chi connectivity index (χ0v) is 12.7. The molecule has 0 aliphatic rings. The van der Waals surface area contributed by atoms with E-state index in [4.69, 9.17) is 4.74 Å². The predicted octanol–water partition coefficient (Wildman–Crippen LogP) is 3.70. The number of hydrogen-bond acceptors (Lipinski definition) is 3. The van der Waals surface area contributed by atoms with Crippen molar-refractivity contribution < 1.29 is 4.74 Å². The van der Waals surface area contributed by atoms with Crippen LogP contribution in [0.25, 0.3) is 0 Å². The first kappa shape index (κ1) is 14.6. The van der Waals surface area contributed by atoms with Crippen LogP contribution >= 0.6 is 0 Å². The molecule has 20 heavy (non-hydrogen) atoms. The first-order chi connectivity index (χ1) is 9.61. The molecule has 4 heteroatoms. The summed E-state index contributed by atoms with van der Waals surface area (Å²) in [5.41, 5.74) is 3.36. The third-order valence-corrected chi connectivity index (χ3v) is 3.25. The minimum absolute atomic E-state index is 0.379. The number of anilines is 2. The third-order valence-electron chi connectivity index (χ3n) is 3.25. The average Bonchev–Trinajstić information content (AvgIpc) is 2.79. The highest BCUT2D eigenvalue weighted by atomic mass is 16.5. The molecule has 0 amide bonds. The zero-order valence-electron chi connectivity index (χ0n) is 12.7. The van der Waals surface area contributed by atoms with Gasteiger partial charge in [0.1, 0.15) is 0 Å². The second kappa shape index (κ2) is 6.57. The number of benzene rings is 1. The Morgan fingerprint density at radius 2 is 2.05 bits per heavy atom. The molecule has 0 bridgehead atoms. The van der Waals surface area contributed by atoms with E-state index >= 15 is 0 Å². The highest BCUT2D eigenvalue weighted by molar-refractivity contribution is 5.59. The molecule has 0 aliphatic heterocycles. The second-order valence-electron chi connectivity index (χ2n) is 5.23. The van der Waals surface area contributed by atoms with Gasteiger partial charge >= 0.3 is 0 Å². The Kier molecular flexibility index (Phi) is 4.79. The quantitative estimate of drug-likeness (QED) is 0.872. The van der Waals surface area contributed by atoms with Gasteiger partial charge in [0.25, 0.3) is 0 Å². The predicted molar refractivity (Wildman–Crippen MR) is 82.7 cm³/mol. The second-order valence-corrected chi connectivity index (χ2v) is 5.23. The number of aryl methyl sites for hydroxylation is 1. The van der Waals surface area contributed by atoms with Crippen molar-refractivity contribution in [2.24, 2.45) is 0 Å². The first-order valence-electron chi connectivity index (χ1n) is 7.01. The van der Waals surface area contributed by atoms with E-state index in [1.54, 1.807) is 7.11 Å². The van der Waals surface area contributed by atoms with E-state index < -0.39 is 0 Å². The Hall–Kier alpha value is -1.81. The first-order valence-corrected chi connectivity index (χ1v) is 7.01. The Balaban J connectivity index is 2.25. The fraction of sp³-hybridized carbons (Fsp3) is 0.438.